The van der Waals surface area contributed by atoms with Gasteiger partial charge in [-0.2, -0.15) is 62.3 Å². The molecule has 0 radical (unpaired) electrons. The van der Waals surface area contributed by atoms with Crippen LogP contribution in [0.1, 0.15) is 13.8 Å². The van der Waals surface area contributed by atoms with E-state index in [1.165, 1.54) is 0 Å². The van der Waals surface area contributed by atoms with Crippen LogP contribution in [-0.2, 0) is 9.47 Å². The van der Waals surface area contributed by atoms with E-state index in [4.69, 9.17) is 9.47 Å². The molecule has 4 atom stereocenters. The molecule has 2 aliphatic rings. The zero-order chi connectivity index (χ0) is 12.8. The third-order valence-electron chi connectivity index (χ3n) is 2.96. The van der Waals surface area contributed by atoms with E-state index >= 15 is 0 Å². The summed E-state index contributed by atoms with van der Waals surface area (Å²) in [5, 5.41) is 0. The smallest absolute Gasteiger partial charge is 0.108 e. The maximum Gasteiger partial charge on any atom is 0.108 e. The first-order valence-corrected chi connectivity index (χ1v) is 8.46. The summed E-state index contributed by atoms with van der Waals surface area (Å²) in [5.74, 6) is 1.61. The Kier molecular flexibility index (Phi) is 4.63. The van der Waals surface area contributed by atoms with Crippen molar-refractivity contribution >= 4 is 62.3 Å². The Morgan fingerprint density at radius 2 is 1.18 bits per heavy atom. The minimum absolute atomic E-state index is 0.145. The van der Waals surface area contributed by atoms with Crippen molar-refractivity contribution in [3.8, 4) is 0 Å². The lowest BCUT2D eigenvalue weighted by atomic mass is 10.2. The molecule has 2 nitrogen and oxygen atoms in total. The van der Waals surface area contributed by atoms with Crippen LogP contribution in [-0.4, -0.2) is 44.1 Å². The summed E-state index contributed by atoms with van der Waals surface area (Å²) in [6, 6.07) is 0. The monoisotopic (exact) mass is 330 g/mol. The van der Waals surface area contributed by atoms with Crippen LogP contribution >= 0.6 is 62.3 Å². The molecule has 2 aliphatic heterocycles. The van der Waals surface area contributed by atoms with Crippen molar-refractivity contribution in [1.82, 2.24) is 0 Å². The summed E-state index contributed by atoms with van der Waals surface area (Å²) in [4.78, 5) is 0. The summed E-state index contributed by atoms with van der Waals surface area (Å²) in [6.45, 7) is 4.08. The molecule has 2 heterocycles. The van der Waals surface area contributed by atoms with Crippen molar-refractivity contribution in [3.05, 3.63) is 0 Å². The van der Waals surface area contributed by atoms with Crippen molar-refractivity contribution in [2.24, 2.45) is 0 Å². The van der Waals surface area contributed by atoms with Crippen LogP contribution < -0.4 is 0 Å². The van der Waals surface area contributed by atoms with Gasteiger partial charge in [-0.25, -0.2) is 0 Å². The lowest BCUT2D eigenvalue weighted by molar-refractivity contribution is 0.373. The van der Waals surface area contributed by atoms with Crippen LogP contribution in [0.25, 0.3) is 0 Å². The Balaban J connectivity index is 1.72. The molecule has 0 N–H and O–H groups in total. The van der Waals surface area contributed by atoms with Crippen molar-refractivity contribution in [2.45, 2.75) is 46.4 Å². The Labute approximate surface area is 129 Å². The van der Waals surface area contributed by atoms with Gasteiger partial charge in [0.05, 0.1) is 20.4 Å². The average molecular weight is 331 g/mol. The van der Waals surface area contributed by atoms with E-state index in [2.05, 4.69) is 50.5 Å². The molecule has 17 heavy (non-hydrogen) atoms. The molecule has 2 rings (SSSR count). The Morgan fingerprint density at radius 3 is 1.41 bits per heavy atom. The quantitative estimate of drug-likeness (QED) is 0.342. The fraction of sp³-hybridized carbons (Fsp3) is 1.00. The topological polar surface area (TPSA) is 25.1 Å². The largest absolute Gasteiger partial charge is 0.367 e. The van der Waals surface area contributed by atoms with Crippen molar-refractivity contribution in [1.29, 1.82) is 0 Å². The lowest BCUT2D eigenvalue weighted by Crippen LogP contribution is -2.30. The van der Waals surface area contributed by atoms with Crippen LogP contribution in [0.2, 0.25) is 0 Å². The van der Waals surface area contributed by atoms with Crippen LogP contribution in [0.3, 0.4) is 0 Å². The van der Waals surface area contributed by atoms with E-state index in [9.17, 15) is 0 Å². The molecule has 100 valence electrons. The van der Waals surface area contributed by atoms with Gasteiger partial charge in [-0.15, -0.1) is 0 Å². The van der Waals surface area contributed by atoms with Crippen LogP contribution in [0.4, 0.5) is 0 Å². The van der Waals surface area contributed by atoms with E-state index in [1.54, 1.807) is 11.8 Å². The maximum atomic E-state index is 5.41. The maximum absolute atomic E-state index is 5.41. The number of epoxide rings is 2. The SMILES string of the molecule is CC1OC1C(S)(S)CSCC(S)(S)C1OC1C. The highest BCUT2D eigenvalue weighted by molar-refractivity contribution is 8.07. The summed E-state index contributed by atoms with van der Waals surface area (Å²) >= 11 is 20.0. The zero-order valence-electron chi connectivity index (χ0n) is 9.74. The zero-order valence-corrected chi connectivity index (χ0v) is 14.1. The van der Waals surface area contributed by atoms with Crippen molar-refractivity contribution in [2.75, 3.05) is 11.5 Å². The molecule has 0 aromatic rings. The van der Waals surface area contributed by atoms with Crippen LogP contribution in [0, 0.1) is 0 Å². The molecule has 2 saturated heterocycles. The van der Waals surface area contributed by atoms with Gasteiger partial charge < -0.3 is 9.47 Å². The number of ether oxygens (including phenoxy) is 2. The molecule has 0 saturated carbocycles. The first-order valence-electron chi connectivity index (χ1n) is 5.52. The number of hydrogen-bond acceptors (Lipinski definition) is 7. The summed E-state index contributed by atoms with van der Waals surface area (Å²) < 4.78 is 10.1. The minimum atomic E-state index is -0.377. The lowest BCUT2D eigenvalue weighted by Gasteiger charge is -2.24. The van der Waals surface area contributed by atoms with E-state index in [0.717, 1.165) is 11.5 Å². The number of thioether (sulfide) groups is 1. The standard InChI is InChI=1S/C10H18O2S5/c1-5-7(11-5)9(13,14)3-17-4-10(15,16)8-6(2)12-8/h5-8,13-16H,3-4H2,1-2H3. The molecular formula is C10H18O2S5. The number of hydrogen-bond donors (Lipinski definition) is 4. The van der Waals surface area contributed by atoms with E-state index < -0.39 is 0 Å². The van der Waals surface area contributed by atoms with Gasteiger partial charge >= 0.3 is 0 Å². The second-order valence-corrected chi connectivity index (χ2v) is 9.66. The van der Waals surface area contributed by atoms with Gasteiger partial charge in [-0.3, -0.25) is 0 Å². The van der Waals surface area contributed by atoms with Gasteiger partial charge in [0, 0.05) is 11.5 Å². The molecule has 0 aromatic heterocycles. The molecule has 0 aliphatic carbocycles. The predicted molar refractivity (Wildman–Crippen MR) is 87.4 cm³/mol. The van der Waals surface area contributed by atoms with E-state index in [-0.39, 0.29) is 32.6 Å². The molecule has 7 heteroatoms. The molecule has 0 spiro atoms. The van der Waals surface area contributed by atoms with Crippen molar-refractivity contribution < 1.29 is 9.47 Å². The van der Waals surface area contributed by atoms with Gasteiger partial charge in [0.2, 0.25) is 0 Å². The second-order valence-electron chi connectivity index (χ2n) is 4.77. The fourth-order valence-electron chi connectivity index (χ4n) is 1.86. The summed E-state index contributed by atoms with van der Waals surface area (Å²) in [6.07, 6.45) is 0.835. The van der Waals surface area contributed by atoms with Crippen LogP contribution in [0.5, 0.6) is 0 Å². The Morgan fingerprint density at radius 1 is 0.882 bits per heavy atom. The highest BCUT2D eigenvalue weighted by atomic mass is 32.2. The normalized spacial score (nSPS) is 37.1. The molecule has 0 amide bonds. The molecule has 2 fully saturated rings. The predicted octanol–water partition coefficient (Wildman–Crippen LogP) is 2.41. The fourth-order valence-corrected chi connectivity index (χ4v) is 5.07. The highest BCUT2D eigenvalue weighted by Crippen LogP contribution is 2.45. The van der Waals surface area contributed by atoms with Gasteiger partial charge in [-0.05, 0) is 13.8 Å². The average Bonchev–Trinajstić information content (AvgIpc) is 3.03. The number of rotatable bonds is 6. The molecule has 0 bridgehead atoms. The van der Waals surface area contributed by atoms with Gasteiger partial charge in [0.15, 0.2) is 0 Å². The molecular weight excluding hydrogens is 312 g/mol. The first kappa shape index (κ1) is 15.1. The van der Waals surface area contributed by atoms with Crippen molar-refractivity contribution in [3.63, 3.8) is 0 Å². The van der Waals surface area contributed by atoms with Crippen LogP contribution in [0.15, 0.2) is 0 Å². The number of thiol groups is 4. The highest BCUT2D eigenvalue weighted by Gasteiger charge is 2.50. The molecule has 4 unspecified atom stereocenters. The third-order valence-corrected chi connectivity index (χ3v) is 6.79. The Bertz CT molecular complexity index is 268. The minimum Gasteiger partial charge on any atom is -0.367 e. The second kappa shape index (κ2) is 5.22. The summed E-state index contributed by atoms with van der Waals surface area (Å²) in [7, 11) is 0. The van der Waals surface area contributed by atoms with E-state index in [1.807, 2.05) is 13.8 Å². The van der Waals surface area contributed by atoms with Gasteiger partial charge in [-0.1, -0.05) is 0 Å². The molecule has 0 aromatic carbocycles. The first-order chi connectivity index (χ1) is 7.74. The van der Waals surface area contributed by atoms with E-state index in [0.29, 0.717) is 0 Å². The summed E-state index contributed by atoms with van der Waals surface area (Å²) in [5.41, 5.74) is 0. The van der Waals surface area contributed by atoms with Gasteiger partial charge in [0.25, 0.3) is 0 Å². The third kappa shape index (κ3) is 3.83. The Hall–Kier alpha value is 1.67. The van der Waals surface area contributed by atoms with Gasteiger partial charge in [0.1, 0.15) is 12.2 Å².